The number of imidazole rings is 1. The Kier molecular flexibility index (Phi) is 12.5. The van der Waals surface area contributed by atoms with Crippen LogP contribution in [0.2, 0.25) is 0 Å². The molecule has 1 aliphatic rings. The third-order valence-corrected chi connectivity index (χ3v) is 7.27. The average Bonchev–Trinajstić information content (AvgIpc) is 3.30. The van der Waals surface area contributed by atoms with E-state index >= 15 is 0 Å². The van der Waals surface area contributed by atoms with E-state index in [1.165, 1.54) is 12.7 Å². The van der Waals surface area contributed by atoms with Crippen LogP contribution in [0.4, 0.5) is 15.4 Å². The van der Waals surface area contributed by atoms with Gasteiger partial charge in [0.2, 0.25) is 13.6 Å². The number of carbonyl (C=O) groups excluding carboxylic acids is 2. The van der Waals surface area contributed by atoms with Crippen LogP contribution < -0.4 is 5.32 Å². The summed E-state index contributed by atoms with van der Waals surface area (Å²) in [6, 6.07) is -0.103. The molecule has 1 fully saturated rings. The zero-order valence-electron chi connectivity index (χ0n) is 23.6. The van der Waals surface area contributed by atoms with Gasteiger partial charge in [-0.2, -0.15) is 0 Å². The van der Waals surface area contributed by atoms with Gasteiger partial charge in [0.05, 0.1) is 31.2 Å². The van der Waals surface area contributed by atoms with Crippen molar-refractivity contribution < 1.29 is 52.0 Å². The molecule has 2 N–H and O–H groups in total. The van der Waals surface area contributed by atoms with E-state index in [4.69, 9.17) is 32.7 Å². The highest BCUT2D eigenvalue weighted by atomic mass is 31.2. The average molecular weight is 604 g/mol. The molecule has 1 aliphatic carbocycles. The van der Waals surface area contributed by atoms with E-state index in [-0.39, 0.29) is 19.6 Å². The molecule has 1 atom stereocenters. The van der Waals surface area contributed by atoms with Crippen molar-refractivity contribution in [2.75, 3.05) is 38.5 Å². The Morgan fingerprint density at radius 1 is 1.05 bits per heavy atom. The van der Waals surface area contributed by atoms with E-state index in [0.29, 0.717) is 23.0 Å². The monoisotopic (exact) mass is 603 g/mol. The maximum absolute atomic E-state index is 13.2. The van der Waals surface area contributed by atoms with Gasteiger partial charge in [-0.1, -0.05) is 0 Å². The first-order valence-corrected chi connectivity index (χ1v) is 15.0. The summed E-state index contributed by atoms with van der Waals surface area (Å²) >= 11 is 0. The van der Waals surface area contributed by atoms with Crippen molar-refractivity contribution in [3.8, 4) is 0 Å². The van der Waals surface area contributed by atoms with Gasteiger partial charge in [0.1, 0.15) is 18.2 Å². The minimum Gasteiger partial charge on any atom is -0.432 e. The SMILES string of the molecule is CC(C)OC(=O)OCOP(=O)(COCCC(CO)n1cnc2c(NC3CCC3)ncnc21)OCOC(=O)OC(C)C. The van der Waals surface area contributed by atoms with Crippen LogP contribution in [0.3, 0.4) is 0 Å². The molecule has 0 amide bonds. The fourth-order valence-corrected chi connectivity index (χ4v) is 4.56. The topological polar surface area (TPSA) is 192 Å². The van der Waals surface area contributed by atoms with E-state index in [1.54, 1.807) is 38.6 Å². The van der Waals surface area contributed by atoms with Crippen LogP contribution in [0.1, 0.15) is 59.4 Å². The van der Waals surface area contributed by atoms with E-state index in [2.05, 4.69) is 20.3 Å². The van der Waals surface area contributed by atoms with Gasteiger partial charge in [-0.05, 0) is 53.4 Å². The van der Waals surface area contributed by atoms with Crippen LogP contribution in [-0.2, 0) is 37.3 Å². The molecule has 0 spiro atoms. The summed E-state index contributed by atoms with van der Waals surface area (Å²) in [4.78, 5) is 36.3. The molecule has 0 aromatic carbocycles. The standard InChI is InChI=1S/C24H38N5O11P/c1-16(2)39-23(31)35-13-37-41(33,38-14-36-24(32)40-17(3)4)15-34-9-8-19(10-30)29-12-27-20-21(25-11-26-22(20)29)28-18-6-5-7-18/h11-12,16-19,30H,5-10,13-15H2,1-4H3,(H,25,26,28). The Balaban J connectivity index is 1.55. The summed E-state index contributed by atoms with van der Waals surface area (Å²) in [5.41, 5.74) is 1.14. The number of carbonyl (C=O) groups is 2. The molecule has 1 saturated carbocycles. The zero-order chi connectivity index (χ0) is 29.8. The van der Waals surface area contributed by atoms with Crippen molar-refractivity contribution >= 4 is 36.9 Å². The summed E-state index contributed by atoms with van der Waals surface area (Å²) in [7, 11) is -4.08. The number of aromatic nitrogens is 4. The first kappa shape index (κ1) is 32.5. The highest BCUT2D eigenvalue weighted by Gasteiger charge is 2.28. The molecular weight excluding hydrogens is 565 g/mol. The Hall–Kier alpha value is -3.04. The molecule has 230 valence electrons. The van der Waals surface area contributed by atoms with Crippen LogP contribution >= 0.6 is 7.60 Å². The van der Waals surface area contributed by atoms with E-state index in [0.717, 1.165) is 12.8 Å². The van der Waals surface area contributed by atoms with Gasteiger partial charge in [-0.25, -0.2) is 24.5 Å². The van der Waals surface area contributed by atoms with Gasteiger partial charge >= 0.3 is 19.9 Å². The molecule has 2 aromatic heterocycles. The molecule has 3 rings (SSSR count). The number of anilines is 1. The molecule has 0 aliphatic heterocycles. The van der Waals surface area contributed by atoms with Crippen LogP contribution in [-0.4, -0.2) is 88.3 Å². The van der Waals surface area contributed by atoms with Crippen LogP contribution in [0, 0.1) is 0 Å². The van der Waals surface area contributed by atoms with Crippen molar-refractivity contribution in [2.24, 2.45) is 0 Å². The molecule has 2 aromatic rings. The van der Waals surface area contributed by atoms with Crippen molar-refractivity contribution in [2.45, 2.75) is 77.7 Å². The van der Waals surface area contributed by atoms with Crippen LogP contribution in [0.25, 0.3) is 11.2 Å². The van der Waals surface area contributed by atoms with Crippen molar-refractivity contribution in [1.82, 2.24) is 19.5 Å². The number of rotatable bonds is 17. The summed E-state index contributed by atoms with van der Waals surface area (Å²) in [6.45, 7) is 4.76. The van der Waals surface area contributed by atoms with E-state index in [9.17, 15) is 19.3 Å². The van der Waals surface area contributed by atoms with Gasteiger partial charge in [0, 0.05) is 12.6 Å². The molecule has 1 unspecified atom stereocenters. The number of hydrogen-bond acceptors (Lipinski definition) is 15. The minimum atomic E-state index is -4.08. The highest BCUT2D eigenvalue weighted by Crippen LogP contribution is 2.48. The summed E-state index contributed by atoms with van der Waals surface area (Å²) < 4.78 is 49.8. The lowest BCUT2D eigenvalue weighted by atomic mass is 9.93. The molecule has 16 nitrogen and oxygen atoms in total. The number of aliphatic hydroxyl groups excluding tert-OH is 1. The molecule has 2 heterocycles. The van der Waals surface area contributed by atoms with Gasteiger partial charge < -0.3 is 38.7 Å². The molecule has 17 heteroatoms. The lowest BCUT2D eigenvalue weighted by molar-refractivity contribution is -0.0345. The maximum atomic E-state index is 13.2. The van der Waals surface area contributed by atoms with Gasteiger partial charge in [-0.15, -0.1) is 0 Å². The van der Waals surface area contributed by atoms with Gasteiger partial charge in [0.15, 0.2) is 11.5 Å². The second-order valence-electron chi connectivity index (χ2n) is 9.71. The van der Waals surface area contributed by atoms with Gasteiger partial charge in [0.25, 0.3) is 0 Å². The predicted octanol–water partition coefficient (Wildman–Crippen LogP) is 3.95. The molecule has 0 saturated heterocycles. The number of ether oxygens (including phenoxy) is 5. The Morgan fingerprint density at radius 3 is 2.22 bits per heavy atom. The van der Waals surface area contributed by atoms with E-state index in [1.807, 2.05) is 0 Å². The fraction of sp³-hybridized carbons (Fsp3) is 0.708. The van der Waals surface area contributed by atoms with Crippen molar-refractivity contribution in [3.63, 3.8) is 0 Å². The Morgan fingerprint density at radius 2 is 1.68 bits per heavy atom. The maximum Gasteiger partial charge on any atom is 0.510 e. The van der Waals surface area contributed by atoms with Crippen molar-refractivity contribution in [3.05, 3.63) is 12.7 Å². The zero-order valence-corrected chi connectivity index (χ0v) is 24.5. The molecular formula is C24H38N5O11P. The highest BCUT2D eigenvalue weighted by molar-refractivity contribution is 7.53. The quantitative estimate of drug-likeness (QED) is 0.114. The predicted molar refractivity (Wildman–Crippen MR) is 143 cm³/mol. The normalized spacial score (nSPS) is 14.6. The number of nitrogens with zero attached hydrogens (tertiary/aromatic N) is 4. The third kappa shape index (κ3) is 10.4. The van der Waals surface area contributed by atoms with Crippen LogP contribution in [0.5, 0.6) is 0 Å². The molecule has 41 heavy (non-hydrogen) atoms. The first-order chi connectivity index (χ1) is 19.6. The van der Waals surface area contributed by atoms with E-state index < -0.39 is 58.1 Å². The molecule has 0 bridgehead atoms. The second-order valence-corrected chi connectivity index (χ2v) is 11.7. The smallest absolute Gasteiger partial charge is 0.432 e. The second kappa shape index (κ2) is 15.8. The Labute approximate surface area is 237 Å². The summed E-state index contributed by atoms with van der Waals surface area (Å²) in [6.07, 6.45) is 3.12. The number of fused-ring (bicyclic) bond motifs is 1. The lowest BCUT2D eigenvalue weighted by Gasteiger charge is -2.26. The van der Waals surface area contributed by atoms with Gasteiger partial charge in [-0.3, -0.25) is 13.6 Å². The lowest BCUT2D eigenvalue weighted by Crippen LogP contribution is -2.27. The summed E-state index contributed by atoms with van der Waals surface area (Å²) in [5.74, 6) is 0.639. The minimum absolute atomic E-state index is 0.0202. The van der Waals surface area contributed by atoms with Crippen molar-refractivity contribution in [1.29, 1.82) is 0 Å². The van der Waals surface area contributed by atoms with Crippen LogP contribution in [0.15, 0.2) is 12.7 Å². The summed E-state index contributed by atoms with van der Waals surface area (Å²) in [5, 5.41) is 13.4. The third-order valence-electron chi connectivity index (χ3n) is 5.77. The molecule has 0 radical (unpaired) electrons. The number of hydrogen-bond donors (Lipinski definition) is 2. The first-order valence-electron chi connectivity index (χ1n) is 13.3. The largest absolute Gasteiger partial charge is 0.510 e. The number of aliphatic hydroxyl groups is 1. The number of nitrogens with one attached hydrogen (secondary N) is 1. The Bertz CT molecular complexity index is 1140. The fourth-order valence-electron chi connectivity index (χ4n) is 3.56.